The number of sulfonamides is 1. The third-order valence-electron chi connectivity index (χ3n) is 6.38. The van der Waals surface area contributed by atoms with Gasteiger partial charge in [-0.1, -0.05) is 49.1 Å². The Kier molecular flexibility index (Phi) is 7.21. The Bertz CT molecular complexity index is 1150. The number of ether oxygens (including phenoxy) is 1. The molecule has 178 valence electrons. The molecule has 0 unspecified atom stereocenters. The number of carbonyl (C=O) groups is 2. The molecule has 2 aliphatic rings. The molecule has 2 heterocycles. The zero-order valence-corrected chi connectivity index (χ0v) is 20.7. The molecule has 1 aromatic carbocycles. The molecule has 1 amide bonds. The summed E-state index contributed by atoms with van der Waals surface area (Å²) in [6.07, 6.45) is 5.44. The summed E-state index contributed by atoms with van der Waals surface area (Å²) < 4.78 is 34.3. The Morgan fingerprint density at radius 3 is 2.67 bits per heavy atom. The second-order valence-electron chi connectivity index (χ2n) is 8.85. The Balaban J connectivity index is 1.58. The average Bonchev–Trinajstić information content (AvgIpc) is 3.19. The van der Waals surface area contributed by atoms with Crippen molar-refractivity contribution in [2.75, 3.05) is 13.7 Å². The van der Waals surface area contributed by atoms with E-state index in [0.717, 1.165) is 59.4 Å². The summed E-state index contributed by atoms with van der Waals surface area (Å²) in [5, 5.41) is 0. The summed E-state index contributed by atoms with van der Waals surface area (Å²) in [6.45, 7) is 2.73. The SMILES string of the molecule is COC(=O)c1c(S(=O)(=O)NC2CCCCC2)sc2c1CCN(C(=O)Cc1cccc(C)c1)C2. The number of benzene rings is 1. The molecule has 2 aromatic rings. The van der Waals surface area contributed by atoms with E-state index in [1.54, 1.807) is 4.90 Å². The van der Waals surface area contributed by atoms with Crippen LogP contribution in [-0.2, 0) is 38.9 Å². The normalized spacial score (nSPS) is 17.0. The number of methoxy groups -OCH3 is 1. The van der Waals surface area contributed by atoms with Crippen LogP contribution in [-0.4, -0.2) is 44.9 Å². The van der Waals surface area contributed by atoms with Crippen LogP contribution in [0.1, 0.15) is 64.0 Å². The topological polar surface area (TPSA) is 92.8 Å². The molecule has 1 aromatic heterocycles. The summed E-state index contributed by atoms with van der Waals surface area (Å²) in [7, 11) is -2.60. The predicted molar refractivity (Wildman–Crippen MR) is 127 cm³/mol. The highest BCUT2D eigenvalue weighted by atomic mass is 32.2. The summed E-state index contributed by atoms with van der Waals surface area (Å²) in [5.74, 6) is -0.653. The first kappa shape index (κ1) is 23.9. The number of fused-ring (bicyclic) bond motifs is 1. The smallest absolute Gasteiger partial charge is 0.340 e. The van der Waals surface area contributed by atoms with E-state index in [2.05, 4.69) is 4.72 Å². The van der Waals surface area contributed by atoms with Crippen LogP contribution in [0.15, 0.2) is 28.5 Å². The quantitative estimate of drug-likeness (QED) is 0.625. The standard InChI is InChI=1S/C24H30N2O5S2/c1-16-7-6-8-17(13-16)14-21(27)26-12-11-19-20(15-26)32-24(22(19)23(28)31-2)33(29,30)25-18-9-4-3-5-10-18/h6-8,13,18,25H,3-5,9-12,14-15H2,1-2H3. The number of nitrogens with zero attached hydrogens (tertiary/aromatic N) is 1. The fraction of sp³-hybridized carbons (Fsp3) is 0.500. The van der Waals surface area contributed by atoms with Crippen LogP contribution in [0.3, 0.4) is 0 Å². The van der Waals surface area contributed by atoms with Crippen LogP contribution in [0.25, 0.3) is 0 Å². The van der Waals surface area contributed by atoms with Gasteiger partial charge < -0.3 is 9.64 Å². The van der Waals surface area contributed by atoms with Crippen molar-refractivity contribution in [3.8, 4) is 0 Å². The molecule has 0 radical (unpaired) electrons. The average molecular weight is 491 g/mol. The summed E-state index contributed by atoms with van der Waals surface area (Å²) in [5.41, 5.74) is 2.87. The van der Waals surface area contributed by atoms with E-state index in [1.807, 2.05) is 31.2 Å². The van der Waals surface area contributed by atoms with Crippen molar-refractivity contribution in [3.05, 3.63) is 51.4 Å². The van der Waals surface area contributed by atoms with Gasteiger partial charge in [-0.05, 0) is 37.3 Å². The third kappa shape index (κ3) is 5.31. The second-order valence-corrected chi connectivity index (χ2v) is 11.9. The van der Waals surface area contributed by atoms with Gasteiger partial charge in [0.15, 0.2) is 0 Å². The lowest BCUT2D eigenvalue weighted by molar-refractivity contribution is -0.131. The van der Waals surface area contributed by atoms with E-state index in [1.165, 1.54) is 7.11 Å². The third-order valence-corrected chi connectivity index (χ3v) is 9.63. The van der Waals surface area contributed by atoms with E-state index in [0.29, 0.717) is 31.5 Å². The number of hydrogen-bond acceptors (Lipinski definition) is 6. The molecule has 7 nitrogen and oxygen atoms in total. The lowest BCUT2D eigenvalue weighted by Gasteiger charge is -2.27. The molecule has 0 spiro atoms. The highest BCUT2D eigenvalue weighted by molar-refractivity contribution is 7.91. The van der Waals surface area contributed by atoms with Gasteiger partial charge in [0.1, 0.15) is 4.21 Å². The lowest BCUT2D eigenvalue weighted by atomic mass is 9.96. The van der Waals surface area contributed by atoms with Gasteiger partial charge in [0.25, 0.3) is 10.0 Å². The van der Waals surface area contributed by atoms with E-state index in [4.69, 9.17) is 4.74 Å². The first-order valence-electron chi connectivity index (χ1n) is 11.4. The van der Waals surface area contributed by atoms with Gasteiger partial charge >= 0.3 is 5.97 Å². The van der Waals surface area contributed by atoms with E-state index in [9.17, 15) is 18.0 Å². The molecule has 4 rings (SSSR count). The number of thiophene rings is 1. The minimum Gasteiger partial charge on any atom is -0.465 e. The first-order valence-corrected chi connectivity index (χ1v) is 13.7. The van der Waals surface area contributed by atoms with Gasteiger partial charge in [0, 0.05) is 17.5 Å². The number of amides is 1. The molecule has 33 heavy (non-hydrogen) atoms. The van der Waals surface area contributed by atoms with Gasteiger partial charge in [-0.3, -0.25) is 4.79 Å². The molecule has 1 saturated carbocycles. The number of rotatable bonds is 6. The Morgan fingerprint density at radius 2 is 1.97 bits per heavy atom. The minimum absolute atomic E-state index is 0.0102. The summed E-state index contributed by atoms with van der Waals surface area (Å²) in [4.78, 5) is 28.0. The number of esters is 1. The number of hydrogen-bond donors (Lipinski definition) is 1. The van der Waals surface area contributed by atoms with Crippen molar-refractivity contribution in [2.45, 2.75) is 68.7 Å². The maximum atomic E-state index is 13.3. The second kappa shape index (κ2) is 9.95. The maximum absolute atomic E-state index is 13.3. The van der Waals surface area contributed by atoms with Crippen LogP contribution >= 0.6 is 11.3 Å². The van der Waals surface area contributed by atoms with E-state index < -0.39 is 16.0 Å². The summed E-state index contributed by atoms with van der Waals surface area (Å²) in [6, 6.07) is 7.74. The largest absolute Gasteiger partial charge is 0.465 e. The van der Waals surface area contributed by atoms with Gasteiger partial charge in [-0.25, -0.2) is 17.9 Å². The van der Waals surface area contributed by atoms with E-state index >= 15 is 0 Å². The fourth-order valence-corrected chi connectivity index (χ4v) is 7.91. The first-order chi connectivity index (χ1) is 15.8. The lowest BCUT2D eigenvalue weighted by Crippen LogP contribution is -2.37. The monoisotopic (exact) mass is 490 g/mol. The number of nitrogens with one attached hydrogen (secondary N) is 1. The maximum Gasteiger partial charge on any atom is 0.340 e. The Hall–Kier alpha value is -2.23. The van der Waals surface area contributed by atoms with Gasteiger partial charge in [-0.15, -0.1) is 11.3 Å². The zero-order valence-electron chi connectivity index (χ0n) is 19.1. The molecule has 0 saturated heterocycles. The van der Waals surface area contributed by atoms with Gasteiger partial charge in [0.2, 0.25) is 5.91 Å². The van der Waals surface area contributed by atoms with Crippen molar-refractivity contribution in [2.24, 2.45) is 0 Å². The van der Waals surface area contributed by atoms with Crippen LogP contribution < -0.4 is 4.72 Å². The fourth-order valence-electron chi connectivity index (χ4n) is 4.69. The van der Waals surface area contributed by atoms with Crippen LogP contribution in [0.2, 0.25) is 0 Å². The summed E-state index contributed by atoms with van der Waals surface area (Å²) >= 11 is 1.09. The van der Waals surface area contributed by atoms with Crippen LogP contribution in [0.5, 0.6) is 0 Å². The zero-order chi connectivity index (χ0) is 23.6. The number of aryl methyl sites for hydroxylation is 1. The van der Waals surface area contributed by atoms with E-state index in [-0.39, 0.29) is 21.7 Å². The molecular formula is C24H30N2O5S2. The minimum atomic E-state index is -3.87. The molecule has 1 aliphatic carbocycles. The van der Waals surface area contributed by atoms with Crippen molar-refractivity contribution < 1.29 is 22.7 Å². The molecule has 0 atom stereocenters. The molecular weight excluding hydrogens is 460 g/mol. The van der Waals surface area contributed by atoms with Crippen LogP contribution in [0.4, 0.5) is 0 Å². The van der Waals surface area contributed by atoms with Crippen molar-refractivity contribution in [1.82, 2.24) is 9.62 Å². The highest BCUT2D eigenvalue weighted by Crippen LogP contribution is 2.37. The molecule has 1 fully saturated rings. The van der Waals surface area contributed by atoms with Crippen molar-refractivity contribution >= 4 is 33.2 Å². The van der Waals surface area contributed by atoms with Crippen LogP contribution in [0, 0.1) is 6.92 Å². The molecule has 0 bridgehead atoms. The van der Waals surface area contributed by atoms with Crippen molar-refractivity contribution in [1.29, 1.82) is 0 Å². The number of carbonyl (C=O) groups excluding carboxylic acids is 2. The van der Waals surface area contributed by atoms with Crippen molar-refractivity contribution in [3.63, 3.8) is 0 Å². The molecule has 1 aliphatic heterocycles. The Labute approximate surface area is 199 Å². The predicted octanol–water partition coefficient (Wildman–Crippen LogP) is 3.58. The highest BCUT2D eigenvalue weighted by Gasteiger charge is 2.36. The van der Waals surface area contributed by atoms with Gasteiger partial charge in [-0.2, -0.15) is 0 Å². The molecule has 1 N–H and O–H groups in total. The van der Waals surface area contributed by atoms with Gasteiger partial charge in [0.05, 0.1) is 25.6 Å². The Morgan fingerprint density at radius 1 is 1.21 bits per heavy atom. The molecule has 9 heteroatoms.